The molecule has 4 rings (SSSR count). The molecule has 0 aliphatic carbocycles. The van der Waals surface area contributed by atoms with Crippen molar-refractivity contribution in [2.75, 3.05) is 23.8 Å². The molecule has 1 fully saturated rings. The highest BCUT2D eigenvalue weighted by atomic mass is 35.5. The second-order valence-corrected chi connectivity index (χ2v) is 7.07. The number of halogens is 2. The number of aromatic nitrogens is 1. The number of pyridine rings is 1. The maximum absolute atomic E-state index is 13.5. The highest BCUT2D eigenvalue weighted by molar-refractivity contribution is 6.31. The minimum Gasteiger partial charge on any atom is -0.382 e. The zero-order valence-corrected chi connectivity index (χ0v) is 15.8. The first-order chi connectivity index (χ1) is 13.6. The van der Waals surface area contributed by atoms with Crippen molar-refractivity contribution in [2.24, 2.45) is 0 Å². The molecule has 142 valence electrons. The fraction of sp³-hybridized carbons (Fsp3) is 0.238. The molecule has 0 radical (unpaired) electrons. The summed E-state index contributed by atoms with van der Waals surface area (Å²) in [5.41, 5.74) is 3.26. The van der Waals surface area contributed by atoms with Gasteiger partial charge < -0.3 is 15.4 Å². The minimum absolute atomic E-state index is 0.0146. The van der Waals surface area contributed by atoms with Crippen molar-refractivity contribution < 1.29 is 9.13 Å². The van der Waals surface area contributed by atoms with Crippen LogP contribution < -0.4 is 10.6 Å². The van der Waals surface area contributed by atoms with Crippen molar-refractivity contribution in [1.82, 2.24) is 4.98 Å². The molecule has 3 aromatic rings. The van der Waals surface area contributed by atoms with E-state index in [4.69, 9.17) is 16.3 Å². The Bertz CT molecular complexity index is 1060. The summed E-state index contributed by atoms with van der Waals surface area (Å²) in [7, 11) is 0. The first-order valence-corrected chi connectivity index (χ1v) is 9.42. The summed E-state index contributed by atoms with van der Waals surface area (Å²) in [5.74, 6) is -0.493. The van der Waals surface area contributed by atoms with Crippen LogP contribution in [0.2, 0.25) is 5.02 Å². The molecule has 7 heteroatoms. The molecule has 0 spiro atoms. The molecule has 1 saturated heterocycles. The summed E-state index contributed by atoms with van der Waals surface area (Å²) in [6.45, 7) is 1.54. The van der Waals surface area contributed by atoms with Crippen LogP contribution in [0.4, 0.5) is 21.5 Å². The fourth-order valence-corrected chi connectivity index (χ4v) is 3.46. The summed E-state index contributed by atoms with van der Waals surface area (Å²) in [5, 5.41) is 16.9. The molecule has 1 aliphatic rings. The van der Waals surface area contributed by atoms with Crippen LogP contribution in [0.25, 0.3) is 10.9 Å². The van der Waals surface area contributed by atoms with Crippen LogP contribution in [0.5, 0.6) is 0 Å². The number of hydrogen-bond acceptors (Lipinski definition) is 5. The number of benzene rings is 2. The van der Waals surface area contributed by atoms with Gasteiger partial charge in [0, 0.05) is 36.1 Å². The Morgan fingerprint density at radius 1 is 1.25 bits per heavy atom. The third-order valence-electron chi connectivity index (χ3n) is 4.74. The zero-order chi connectivity index (χ0) is 19.5. The second-order valence-electron chi connectivity index (χ2n) is 6.66. The molecule has 5 nitrogen and oxygen atoms in total. The summed E-state index contributed by atoms with van der Waals surface area (Å²) in [6.07, 6.45) is 3.89. The molecule has 1 unspecified atom stereocenters. The Labute approximate surface area is 167 Å². The van der Waals surface area contributed by atoms with Gasteiger partial charge in [0.15, 0.2) is 0 Å². The van der Waals surface area contributed by atoms with E-state index in [0.717, 1.165) is 42.6 Å². The Kier molecular flexibility index (Phi) is 5.29. The molecule has 1 atom stereocenters. The van der Waals surface area contributed by atoms with E-state index in [2.05, 4.69) is 21.7 Å². The van der Waals surface area contributed by atoms with E-state index in [1.165, 1.54) is 18.3 Å². The van der Waals surface area contributed by atoms with Gasteiger partial charge in [0.25, 0.3) is 0 Å². The molecule has 0 saturated carbocycles. The Morgan fingerprint density at radius 2 is 2.11 bits per heavy atom. The number of fused-ring (bicyclic) bond motifs is 1. The van der Waals surface area contributed by atoms with Crippen LogP contribution >= 0.6 is 11.6 Å². The maximum atomic E-state index is 13.5. The van der Waals surface area contributed by atoms with E-state index >= 15 is 0 Å². The number of anilines is 3. The van der Waals surface area contributed by atoms with Gasteiger partial charge in [-0.2, -0.15) is 5.26 Å². The molecule has 2 aromatic carbocycles. The molecule has 2 heterocycles. The fourth-order valence-electron chi connectivity index (χ4n) is 3.28. The smallest absolute Gasteiger partial charge is 0.141 e. The van der Waals surface area contributed by atoms with Crippen molar-refractivity contribution >= 4 is 39.6 Å². The molecule has 2 N–H and O–H groups in total. The van der Waals surface area contributed by atoms with Gasteiger partial charge in [0.2, 0.25) is 0 Å². The lowest BCUT2D eigenvalue weighted by atomic mass is 10.1. The molecule has 0 bridgehead atoms. The van der Waals surface area contributed by atoms with Crippen LogP contribution in [0.3, 0.4) is 0 Å². The summed E-state index contributed by atoms with van der Waals surface area (Å²) in [6, 6.07) is 12.3. The van der Waals surface area contributed by atoms with E-state index in [1.807, 2.05) is 18.2 Å². The normalized spacial score (nSPS) is 16.1. The Balaban J connectivity index is 1.68. The molecular formula is C21H18ClFN4O. The van der Waals surface area contributed by atoms with Gasteiger partial charge in [0.05, 0.1) is 27.9 Å². The third-order valence-corrected chi connectivity index (χ3v) is 5.02. The van der Waals surface area contributed by atoms with Crippen LogP contribution in [0, 0.1) is 17.1 Å². The predicted octanol–water partition coefficient (Wildman–Crippen LogP) is 5.23. The van der Waals surface area contributed by atoms with Crippen molar-refractivity contribution in [3.8, 4) is 6.07 Å². The molecular weight excluding hydrogens is 379 g/mol. The van der Waals surface area contributed by atoms with Gasteiger partial charge >= 0.3 is 0 Å². The first kappa shape index (κ1) is 18.5. The Hall–Kier alpha value is -2.88. The number of ether oxygens (including phenoxy) is 1. The number of nitrogens with one attached hydrogen (secondary N) is 2. The second kappa shape index (κ2) is 8.01. The van der Waals surface area contributed by atoms with Crippen molar-refractivity contribution in [3.05, 3.63) is 59.0 Å². The van der Waals surface area contributed by atoms with Gasteiger partial charge in [0.1, 0.15) is 11.9 Å². The highest BCUT2D eigenvalue weighted by Gasteiger charge is 2.15. The lowest BCUT2D eigenvalue weighted by Gasteiger charge is -2.15. The average Bonchev–Trinajstić information content (AvgIpc) is 3.23. The third kappa shape index (κ3) is 3.86. The van der Waals surface area contributed by atoms with Gasteiger partial charge in [-0.05, 0) is 49.2 Å². The van der Waals surface area contributed by atoms with E-state index in [9.17, 15) is 9.65 Å². The van der Waals surface area contributed by atoms with E-state index in [1.54, 1.807) is 6.07 Å². The maximum Gasteiger partial charge on any atom is 0.141 e. The Morgan fingerprint density at radius 3 is 2.86 bits per heavy atom. The lowest BCUT2D eigenvalue weighted by Crippen LogP contribution is -2.18. The number of hydrogen-bond donors (Lipinski definition) is 2. The van der Waals surface area contributed by atoms with Gasteiger partial charge in [-0.25, -0.2) is 4.39 Å². The van der Waals surface area contributed by atoms with Crippen LogP contribution in [-0.2, 0) is 4.74 Å². The van der Waals surface area contributed by atoms with Crippen LogP contribution in [0.1, 0.15) is 18.4 Å². The highest BCUT2D eigenvalue weighted by Crippen LogP contribution is 2.32. The minimum atomic E-state index is -0.493. The van der Waals surface area contributed by atoms with Crippen LogP contribution in [-0.4, -0.2) is 24.2 Å². The number of rotatable bonds is 5. The van der Waals surface area contributed by atoms with Gasteiger partial charge in [-0.3, -0.25) is 4.98 Å². The zero-order valence-electron chi connectivity index (χ0n) is 15.0. The summed E-state index contributed by atoms with van der Waals surface area (Å²) < 4.78 is 19.1. The van der Waals surface area contributed by atoms with E-state index < -0.39 is 5.82 Å². The quantitative estimate of drug-likeness (QED) is 0.617. The SMILES string of the molecule is N#Cc1cnc2ccc(NCC3CCCO3)cc2c1Nc1ccc(F)c(Cl)c1. The standard InChI is InChI=1S/C21H18ClFN4O/c22-18-9-15(3-5-19(18)23)27-21-13(10-24)11-26-20-6-4-14(8-17(20)21)25-12-16-2-1-7-28-16/h3-6,8-9,11,16,25H,1-2,7,12H2,(H,26,27). The summed E-state index contributed by atoms with van der Waals surface area (Å²) >= 11 is 5.89. The summed E-state index contributed by atoms with van der Waals surface area (Å²) in [4.78, 5) is 4.36. The number of nitriles is 1. The van der Waals surface area contributed by atoms with Crippen molar-refractivity contribution in [3.63, 3.8) is 0 Å². The lowest BCUT2D eigenvalue weighted by molar-refractivity contribution is 0.120. The molecule has 28 heavy (non-hydrogen) atoms. The van der Waals surface area contributed by atoms with Crippen molar-refractivity contribution in [2.45, 2.75) is 18.9 Å². The average molecular weight is 397 g/mol. The predicted molar refractivity (Wildman–Crippen MR) is 109 cm³/mol. The van der Waals surface area contributed by atoms with Gasteiger partial charge in [-0.15, -0.1) is 0 Å². The van der Waals surface area contributed by atoms with Crippen LogP contribution in [0.15, 0.2) is 42.6 Å². The largest absolute Gasteiger partial charge is 0.382 e. The number of nitrogens with zero attached hydrogens (tertiary/aromatic N) is 2. The van der Waals surface area contributed by atoms with Gasteiger partial charge in [-0.1, -0.05) is 11.6 Å². The monoisotopic (exact) mass is 396 g/mol. The molecule has 0 amide bonds. The topological polar surface area (TPSA) is 70.0 Å². The molecule has 1 aliphatic heterocycles. The van der Waals surface area contributed by atoms with E-state index in [0.29, 0.717) is 16.9 Å². The van der Waals surface area contributed by atoms with E-state index in [-0.39, 0.29) is 11.1 Å². The van der Waals surface area contributed by atoms with Crippen molar-refractivity contribution in [1.29, 1.82) is 5.26 Å². The molecule has 1 aromatic heterocycles. The first-order valence-electron chi connectivity index (χ1n) is 9.04.